The molecule has 1 atom stereocenters. The van der Waals surface area contributed by atoms with Crippen LogP contribution in [0, 0.1) is 17.8 Å². The van der Waals surface area contributed by atoms with Crippen molar-refractivity contribution in [1.82, 2.24) is 0 Å². The van der Waals surface area contributed by atoms with Crippen LogP contribution in [0.15, 0.2) is 0 Å². The van der Waals surface area contributed by atoms with E-state index in [1.54, 1.807) is 0 Å². The zero-order valence-corrected chi connectivity index (χ0v) is 40.5. The maximum absolute atomic E-state index is 12.7. The summed E-state index contributed by atoms with van der Waals surface area (Å²) < 4.78 is 16.8. The van der Waals surface area contributed by atoms with E-state index in [2.05, 4.69) is 41.5 Å². The van der Waals surface area contributed by atoms with Crippen LogP contribution in [-0.4, -0.2) is 37.2 Å². The maximum Gasteiger partial charge on any atom is 0.306 e. The van der Waals surface area contributed by atoms with Crippen molar-refractivity contribution >= 4 is 17.9 Å². The van der Waals surface area contributed by atoms with Crippen LogP contribution >= 0.6 is 0 Å². The highest BCUT2D eigenvalue weighted by Gasteiger charge is 2.19. The molecule has 0 saturated heterocycles. The minimum Gasteiger partial charge on any atom is -0.462 e. The Bertz CT molecular complexity index is 914. The van der Waals surface area contributed by atoms with Gasteiger partial charge in [-0.2, -0.15) is 0 Å². The molecule has 0 aromatic carbocycles. The fourth-order valence-corrected chi connectivity index (χ4v) is 7.94. The second kappa shape index (κ2) is 44.5. The van der Waals surface area contributed by atoms with Gasteiger partial charge in [0.1, 0.15) is 13.2 Å². The lowest BCUT2D eigenvalue weighted by Gasteiger charge is -2.18. The summed E-state index contributed by atoms with van der Waals surface area (Å²) >= 11 is 0. The number of rotatable bonds is 46. The van der Waals surface area contributed by atoms with Crippen LogP contribution in [0.5, 0.6) is 0 Å². The fraction of sp³-hybridized carbons (Fsp3) is 0.943. The molecule has 0 aliphatic carbocycles. The Hall–Kier alpha value is -1.59. The molecule has 0 bridgehead atoms. The lowest BCUT2D eigenvalue weighted by atomic mass is 10.0. The molecule has 59 heavy (non-hydrogen) atoms. The van der Waals surface area contributed by atoms with Crippen molar-refractivity contribution in [2.45, 2.75) is 292 Å². The third kappa shape index (κ3) is 47.3. The standard InChI is InChI=1S/C53H102O6/c1-47(2)39-33-27-21-17-15-13-11-9-7-8-10-12-14-16-18-24-30-36-42-51(54)57-45-50(59-53(56)44-38-32-26-20-23-29-35-41-49(5)6)46-58-52(55)43-37-31-25-19-22-28-34-40-48(3)4/h47-50H,7-46H2,1-6H3/t50-/m0/s1. The van der Waals surface area contributed by atoms with E-state index < -0.39 is 6.10 Å². The molecule has 6 heteroatoms. The summed E-state index contributed by atoms with van der Waals surface area (Å²) in [5.41, 5.74) is 0. The Morgan fingerprint density at radius 3 is 0.729 bits per heavy atom. The number of esters is 3. The second-order valence-electron chi connectivity index (χ2n) is 19.6. The van der Waals surface area contributed by atoms with E-state index in [1.807, 2.05) is 0 Å². The third-order valence-electron chi connectivity index (χ3n) is 11.9. The Labute approximate surface area is 368 Å². The molecule has 0 aliphatic heterocycles. The van der Waals surface area contributed by atoms with Gasteiger partial charge < -0.3 is 14.2 Å². The third-order valence-corrected chi connectivity index (χ3v) is 11.9. The van der Waals surface area contributed by atoms with Gasteiger partial charge in [-0.3, -0.25) is 14.4 Å². The number of hydrogen-bond donors (Lipinski definition) is 0. The van der Waals surface area contributed by atoms with Gasteiger partial charge >= 0.3 is 17.9 Å². The van der Waals surface area contributed by atoms with Crippen LogP contribution in [0.4, 0.5) is 0 Å². The summed E-state index contributed by atoms with van der Waals surface area (Å²) in [5.74, 6) is 1.56. The molecule has 0 aromatic heterocycles. The van der Waals surface area contributed by atoms with E-state index in [9.17, 15) is 14.4 Å². The van der Waals surface area contributed by atoms with Gasteiger partial charge in [-0.15, -0.1) is 0 Å². The van der Waals surface area contributed by atoms with E-state index >= 15 is 0 Å². The van der Waals surface area contributed by atoms with Gasteiger partial charge in [0.25, 0.3) is 0 Å². The monoisotopic (exact) mass is 835 g/mol. The molecule has 0 amide bonds. The fourth-order valence-electron chi connectivity index (χ4n) is 7.94. The van der Waals surface area contributed by atoms with E-state index in [1.165, 1.54) is 167 Å². The molecular formula is C53H102O6. The zero-order valence-electron chi connectivity index (χ0n) is 40.5. The summed E-state index contributed by atoms with van der Waals surface area (Å²) in [4.78, 5) is 37.8. The summed E-state index contributed by atoms with van der Waals surface area (Å²) in [5, 5.41) is 0. The Kier molecular flexibility index (Phi) is 43.3. The topological polar surface area (TPSA) is 78.9 Å². The molecule has 0 aromatic rings. The smallest absolute Gasteiger partial charge is 0.306 e. The molecule has 0 heterocycles. The highest BCUT2D eigenvalue weighted by Crippen LogP contribution is 2.18. The highest BCUT2D eigenvalue weighted by atomic mass is 16.6. The van der Waals surface area contributed by atoms with Crippen LogP contribution < -0.4 is 0 Å². The summed E-state index contributed by atoms with van der Waals surface area (Å²) in [6.07, 6.45) is 44.0. The molecule has 0 N–H and O–H groups in total. The van der Waals surface area contributed by atoms with E-state index in [-0.39, 0.29) is 31.1 Å². The lowest BCUT2D eigenvalue weighted by molar-refractivity contribution is -0.167. The van der Waals surface area contributed by atoms with Gasteiger partial charge in [-0.05, 0) is 37.0 Å². The van der Waals surface area contributed by atoms with Gasteiger partial charge in [-0.25, -0.2) is 0 Å². The largest absolute Gasteiger partial charge is 0.462 e. The first-order chi connectivity index (χ1) is 28.6. The summed E-state index contributed by atoms with van der Waals surface area (Å²) in [6, 6.07) is 0. The van der Waals surface area contributed by atoms with E-state index in [4.69, 9.17) is 14.2 Å². The Balaban J connectivity index is 4.17. The van der Waals surface area contributed by atoms with Gasteiger partial charge in [0.05, 0.1) is 0 Å². The second-order valence-corrected chi connectivity index (χ2v) is 19.6. The molecule has 0 fully saturated rings. The van der Waals surface area contributed by atoms with Crippen molar-refractivity contribution in [1.29, 1.82) is 0 Å². The van der Waals surface area contributed by atoms with Gasteiger partial charge in [-0.1, -0.05) is 247 Å². The number of carbonyl (C=O) groups excluding carboxylic acids is 3. The lowest BCUT2D eigenvalue weighted by Crippen LogP contribution is -2.30. The van der Waals surface area contributed by atoms with Crippen molar-refractivity contribution < 1.29 is 28.6 Å². The Morgan fingerprint density at radius 2 is 0.492 bits per heavy atom. The zero-order chi connectivity index (χ0) is 43.4. The van der Waals surface area contributed by atoms with Gasteiger partial charge in [0, 0.05) is 19.3 Å². The molecule has 0 aliphatic rings. The van der Waals surface area contributed by atoms with E-state index in [0.717, 1.165) is 75.5 Å². The van der Waals surface area contributed by atoms with Crippen LogP contribution in [0.1, 0.15) is 286 Å². The van der Waals surface area contributed by atoms with E-state index in [0.29, 0.717) is 19.3 Å². The van der Waals surface area contributed by atoms with Gasteiger partial charge in [0.2, 0.25) is 0 Å². The van der Waals surface area contributed by atoms with Crippen molar-refractivity contribution in [3.63, 3.8) is 0 Å². The van der Waals surface area contributed by atoms with Crippen LogP contribution in [0.25, 0.3) is 0 Å². The van der Waals surface area contributed by atoms with Crippen molar-refractivity contribution in [2.24, 2.45) is 17.8 Å². The van der Waals surface area contributed by atoms with Crippen molar-refractivity contribution in [2.75, 3.05) is 13.2 Å². The first-order valence-electron chi connectivity index (χ1n) is 26.1. The molecule has 350 valence electrons. The Morgan fingerprint density at radius 1 is 0.288 bits per heavy atom. The number of ether oxygens (including phenoxy) is 3. The molecule has 0 unspecified atom stereocenters. The highest BCUT2D eigenvalue weighted by molar-refractivity contribution is 5.71. The predicted octanol–water partition coefficient (Wildman–Crippen LogP) is 16.8. The molecule has 0 rings (SSSR count). The maximum atomic E-state index is 12.7. The quantitative estimate of drug-likeness (QED) is 0.0345. The molecular weight excluding hydrogens is 733 g/mol. The average Bonchev–Trinajstić information content (AvgIpc) is 3.19. The molecule has 0 saturated carbocycles. The first kappa shape index (κ1) is 57.4. The minimum absolute atomic E-state index is 0.0658. The SMILES string of the molecule is CC(C)CCCCCCCCCCCCCCCCCCCCC(=O)OC[C@@H](COC(=O)CCCCCCCCCC(C)C)OC(=O)CCCCCCCCCC(C)C. The van der Waals surface area contributed by atoms with Crippen LogP contribution in [0.2, 0.25) is 0 Å². The van der Waals surface area contributed by atoms with Gasteiger partial charge in [0.15, 0.2) is 6.10 Å². The van der Waals surface area contributed by atoms with Crippen LogP contribution in [-0.2, 0) is 28.6 Å². The molecule has 0 spiro atoms. The van der Waals surface area contributed by atoms with Crippen molar-refractivity contribution in [3.8, 4) is 0 Å². The minimum atomic E-state index is -0.763. The predicted molar refractivity (Wildman–Crippen MR) is 252 cm³/mol. The number of hydrogen-bond acceptors (Lipinski definition) is 6. The first-order valence-corrected chi connectivity index (χ1v) is 26.1. The van der Waals surface area contributed by atoms with Crippen molar-refractivity contribution in [3.05, 3.63) is 0 Å². The summed E-state index contributed by atoms with van der Waals surface area (Å²) in [6.45, 7) is 13.6. The number of unbranched alkanes of at least 4 members (excludes halogenated alkanes) is 29. The molecule has 6 nitrogen and oxygen atoms in total. The molecule has 0 radical (unpaired) electrons. The average molecular weight is 835 g/mol. The van der Waals surface area contributed by atoms with Crippen LogP contribution in [0.3, 0.4) is 0 Å². The summed E-state index contributed by atoms with van der Waals surface area (Å²) in [7, 11) is 0. The normalized spacial score (nSPS) is 12.2. The number of carbonyl (C=O) groups is 3.